The standard InChI is InChI=1S/C27H27NO5S/c1-18(2)20-11-13-21(14-12-20)24-26(34(31,32)23-7-5-4-6-8-23)25(29)27(30)28(24)17-19-9-15-22(33-3)16-10-19/h4-16,18,24,29H,17H2,1-3H3. The lowest BCUT2D eigenvalue weighted by Crippen LogP contribution is -2.30. The van der Waals surface area contributed by atoms with Gasteiger partial charge in [-0.3, -0.25) is 4.79 Å². The number of nitrogens with zero attached hydrogens (tertiary/aromatic N) is 1. The van der Waals surface area contributed by atoms with Gasteiger partial charge in [-0.05, 0) is 46.9 Å². The molecule has 1 amide bonds. The summed E-state index contributed by atoms with van der Waals surface area (Å²) in [6.45, 7) is 4.26. The summed E-state index contributed by atoms with van der Waals surface area (Å²) in [5.41, 5.74) is 2.49. The van der Waals surface area contributed by atoms with Gasteiger partial charge in [-0.1, -0.05) is 68.4 Å². The highest BCUT2D eigenvalue weighted by molar-refractivity contribution is 7.95. The fourth-order valence-corrected chi connectivity index (χ4v) is 5.78. The lowest BCUT2D eigenvalue weighted by molar-refractivity contribution is -0.130. The van der Waals surface area contributed by atoms with E-state index in [-0.39, 0.29) is 16.3 Å². The molecule has 3 aromatic rings. The molecule has 0 radical (unpaired) electrons. The molecule has 0 aliphatic carbocycles. The number of hydrogen-bond donors (Lipinski definition) is 1. The number of amides is 1. The number of rotatable bonds is 7. The Morgan fingerprint density at radius 2 is 1.56 bits per heavy atom. The summed E-state index contributed by atoms with van der Waals surface area (Å²) in [6.07, 6.45) is 0. The number of aliphatic hydroxyl groups excluding tert-OH is 1. The van der Waals surface area contributed by atoms with E-state index in [9.17, 15) is 18.3 Å². The molecule has 1 heterocycles. The first-order valence-corrected chi connectivity index (χ1v) is 12.5. The smallest absolute Gasteiger partial charge is 0.290 e. The molecule has 0 spiro atoms. The van der Waals surface area contributed by atoms with Crippen LogP contribution in [0.25, 0.3) is 0 Å². The molecule has 4 rings (SSSR count). The van der Waals surface area contributed by atoms with E-state index in [0.717, 1.165) is 11.1 Å². The van der Waals surface area contributed by atoms with Gasteiger partial charge in [0, 0.05) is 6.54 Å². The Balaban J connectivity index is 1.82. The second kappa shape index (κ2) is 9.35. The number of sulfone groups is 1. The van der Waals surface area contributed by atoms with E-state index in [4.69, 9.17) is 4.74 Å². The van der Waals surface area contributed by atoms with E-state index in [0.29, 0.717) is 17.2 Å². The SMILES string of the molecule is COc1ccc(CN2C(=O)C(O)=C(S(=O)(=O)c3ccccc3)C2c2ccc(C(C)C)cc2)cc1. The van der Waals surface area contributed by atoms with Crippen LogP contribution < -0.4 is 4.74 Å². The summed E-state index contributed by atoms with van der Waals surface area (Å²) >= 11 is 0. The van der Waals surface area contributed by atoms with Crippen molar-refractivity contribution in [2.45, 2.75) is 37.2 Å². The van der Waals surface area contributed by atoms with Crippen molar-refractivity contribution in [2.75, 3.05) is 7.11 Å². The van der Waals surface area contributed by atoms with Crippen molar-refractivity contribution < 1.29 is 23.1 Å². The van der Waals surface area contributed by atoms with E-state index in [1.165, 1.54) is 17.0 Å². The average molecular weight is 478 g/mol. The number of hydrogen-bond acceptors (Lipinski definition) is 5. The van der Waals surface area contributed by atoms with Gasteiger partial charge in [0.25, 0.3) is 5.91 Å². The summed E-state index contributed by atoms with van der Waals surface area (Å²) in [7, 11) is -2.57. The van der Waals surface area contributed by atoms with Crippen LogP contribution in [0.5, 0.6) is 5.75 Å². The molecule has 34 heavy (non-hydrogen) atoms. The third-order valence-corrected chi connectivity index (χ3v) is 7.92. The van der Waals surface area contributed by atoms with E-state index < -0.39 is 27.5 Å². The van der Waals surface area contributed by atoms with Crippen LogP contribution in [-0.2, 0) is 21.2 Å². The summed E-state index contributed by atoms with van der Waals surface area (Å²) in [5, 5.41) is 10.8. The van der Waals surface area contributed by atoms with Gasteiger partial charge in [-0.2, -0.15) is 0 Å². The summed E-state index contributed by atoms with van der Waals surface area (Å²) in [4.78, 5) is 14.3. The molecule has 0 fully saturated rings. The van der Waals surface area contributed by atoms with Gasteiger partial charge in [-0.25, -0.2) is 8.42 Å². The maximum absolute atomic E-state index is 13.6. The topological polar surface area (TPSA) is 83.9 Å². The molecule has 0 saturated heterocycles. The Morgan fingerprint density at radius 1 is 0.941 bits per heavy atom. The minimum Gasteiger partial charge on any atom is -0.502 e. The van der Waals surface area contributed by atoms with Crippen molar-refractivity contribution in [3.63, 3.8) is 0 Å². The summed E-state index contributed by atoms with van der Waals surface area (Å²) in [5.74, 6) is -0.490. The van der Waals surface area contributed by atoms with Crippen LogP contribution in [0.2, 0.25) is 0 Å². The lowest BCUT2D eigenvalue weighted by atomic mass is 9.98. The number of benzene rings is 3. The van der Waals surface area contributed by atoms with Crippen molar-refractivity contribution in [3.05, 3.63) is 106 Å². The number of carbonyl (C=O) groups is 1. The second-order valence-corrected chi connectivity index (χ2v) is 10.5. The maximum Gasteiger partial charge on any atom is 0.290 e. The third-order valence-electron chi connectivity index (χ3n) is 6.03. The van der Waals surface area contributed by atoms with Gasteiger partial charge in [0.15, 0.2) is 5.76 Å². The van der Waals surface area contributed by atoms with Gasteiger partial charge in [0.1, 0.15) is 10.7 Å². The van der Waals surface area contributed by atoms with Crippen LogP contribution in [0.4, 0.5) is 0 Å². The van der Waals surface area contributed by atoms with Gasteiger partial charge in [0.2, 0.25) is 9.84 Å². The molecule has 1 aliphatic heterocycles. The second-order valence-electron chi connectivity index (χ2n) is 8.53. The minimum absolute atomic E-state index is 0.0273. The van der Waals surface area contributed by atoms with E-state index >= 15 is 0 Å². The number of carbonyl (C=O) groups excluding carboxylic acids is 1. The van der Waals surface area contributed by atoms with Crippen molar-refractivity contribution in [1.29, 1.82) is 0 Å². The largest absolute Gasteiger partial charge is 0.502 e. The molecular weight excluding hydrogens is 450 g/mol. The van der Waals surface area contributed by atoms with E-state index in [1.807, 2.05) is 36.4 Å². The van der Waals surface area contributed by atoms with Gasteiger partial charge < -0.3 is 14.7 Å². The molecule has 0 bridgehead atoms. The van der Waals surface area contributed by atoms with Gasteiger partial charge >= 0.3 is 0 Å². The molecule has 0 aromatic heterocycles. The number of methoxy groups -OCH3 is 1. The third kappa shape index (κ3) is 4.31. The molecule has 3 aromatic carbocycles. The van der Waals surface area contributed by atoms with Crippen molar-refractivity contribution in [2.24, 2.45) is 0 Å². The number of aliphatic hydroxyl groups is 1. The molecule has 176 valence electrons. The zero-order chi connectivity index (χ0) is 24.5. The van der Waals surface area contributed by atoms with Gasteiger partial charge in [0.05, 0.1) is 18.0 Å². The monoisotopic (exact) mass is 477 g/mol. The minimum atomic E-state index is -4.13. The first-order chi connectivity index (χ1) is 16.2. The Morgan fingerprint density at radius 3 is 2.12 bits per heavy atom. The fraction of sp³-hybridized carbons (Fsp3) is 0.222. The predicted octanol–water partition coefficient (Wildman–Crippen LogP) is 5.15. The Kier molecular flexibility index (Phi) is 6.48. The molecule has 0 saturated carbocycles. The average Bonchev–Trinajstić information content (AvgIpc) is 3.10. The highest BCUT2D eigenvalue weighted by Gasteiger charge is 2.46. The molecule has 6 nitrogen and oxygen atoms in total. The zero-order valence-corrected chi connectivity index (χ0v) is 20.1. The fourth-order valence-electron chi connectivity index (χ4n) is 4.12. The highest BCUT2D eigenvalue weighted by atomic mass is 32.2. The van der Waals surface area contributed by atoms with Crippen LogP contribution in [0.3, 0.4) is 0 Å². The van der Waals surface area contributed by atoms with Crippen LogP contribution in [-0.4, -0.2) is 31.4 Å². The Hall–Kier alpha value is -3.58. The molecule has 1 unspecified atom stereocenters. The molecule has 1 N–H and O–H groups in total. The van der Waals surface area contributed by atoms with Crippen LogP contribution in [0, 0.1) is 0 Å². The van der Waals surface area contributed by atoms with Crippen LogP contribution in [0.15, 0.2) is 94.4 Å². The van der Waals surface area contributed by atoms with Gasteiger partial charge in [-0.15, -0.1) is 0 Å². The Bertz CT molecular complexity index is 1310. The first kappa shape index (κ1) is 23.6. The molecular formula is C27H27NO5S. The normalized spacial score (nSPS) is 16.4. The van der Waals surface area contributed by atoms with Crippen molar-refractivity contribution in [1.82, 2.24) is 4.90 Å². The van der Waals surface area contributed by atoms with E-state index in [2.05, 4.69) is 13.8 Å². The molecule has 1 aliphatic rings. The van der Waals surface area contributed by atoms with Crippen molar-refractivity contribution >= 4 is 15.7 Å². The Labute approximate surface area is 200 Å². The van der Waals surface area contributed by atoms with Crippen molar-refractivity contribution in [3.8, 4) is 5.75 Å². The summed E-state index contributed by atoms with van der Waals surface area (Å²) < 4.78 is 32.4. The van der Waals surface area contributed by atoms with E-state index in [1.54, 1.807) is 37.4 Å². The lowest BCUT2D eigenvalue weighted by Gasteiger charge is -2.27. The highest BCUT2D eigenvalue weighted by Crippen LogP contribution is 2.43. The summed E-state index contributed by atoms with van der Waals surface area (Å²) in [6, 6.07) is 21.6. The first-order valence-electron chi connectivity index (χ1n) is 11.0. The quantitative estimate of drug-likeness (QED) is 0.509. The predicted molar refractivity (Wildman–Crippen MR) is 130 cm³/mol. The number of ether oxygens (including phenoxy) is 1. The maximum atomic E-state index is 13.6. The van der Waals surface area contributed by atoms with Crippen LogP contribution >= 0.6 is 0 Å². The zero-order valence-electron chi connectivity index (χ0n) is 19.3. The molecule has 1 atom stereocenters. The molecule has 7 heteroatoms. The van der Waals surface area contributed by atoms with Crippen LogP contribution in [0.1, 0.15) is 42.5 Å².